The summed E-state index contributed by atoms with van der Waals surface area (Å²) in [7, 11) is 0. The molecule has 0 radical (unpaired) electrons. The average molecular weight is 265 g/mol. The van der Waals surface area contributed by atoms with Crippen LogP contribution in [0.3, 0.4) is 0 Å². The van der Waals surface area contributed by atoms with Gasteiger partial charge in [0, 0.05) is 11.6 Å². The molecule has 104 valence electrons. The van der Waals surface area contributed by atoms with Crippen LogP contribution in [0.2, 0.25) is 0 Å². The zero-order valence-electron chi connectivity index (χ0n) is 11.0. The molecular formula is C14H19NO4. The summed E-state index contributed by atoms with van der Waals surface area (Å²) in [6, 6.07) is 6.09. The first kappa shape index (κ1) is 15.1. The lowest BCUT2D eigenvalue weighted by molar-refractivity contribution is -0.385. The van der Waals surface area contributed by atoms with Crippen molar-refractivity contribution in [3.05, 3.63) is 39.9 Å². The molecule has 1 atom stereocenters. The largest absolute Gasteiger partial charge is 0.481 e. The topological polar surface area (TPSA) is 80.4 Å². The van der Waals surface area contributed by atoms with Crippen molar-refractivity contribution in [2.45, 2.75) is 44.9 Å². The number of nitrogens with zero attached hydrogens (tertiary/aromatic N) is 1. The maximum atomic E-state index is 11.3. The van der Waals surface area contributed by atoms with Crippen LogP contribution in [0.5, 0.6) is 0 Å². The third-order valence-corrected chi connectivity index (χ3v) is 3.15. The Bertz CT molecular complexity index is 445. The van der Waals surface area contributed by atoms with E-state index in [0.717, 1.165) is 25.7 Å². The van der Waals surface area contributed by atoms with Crippen LogP contribution >= 0.6 is 0 Å². The molecule has 0 aromatic heterocycles. The quantitative estimate of drug-likeness (QED) is 0.441. The van der Waals surface area contributed by atoms with E-state index in [1.807, 2.05) is 0 Å². The average Bonchev–Trinajstić information content (AvgIpc) is 2.38. The minimum absolute atomic E-state index is 0.106. The van der Waals surface area contributed by atoms with Crippen molar-refractivity contribution < 1.29 is 14.8 Å². The molecule has 0 heterocycles. The highest BCUT2D eigenvalue weighted by molar-refractivity contribution is 5.77. The van der Waals surface area contributed by atoms with Crippen molar-refractivity contribution in [3.8, 4) is 0 Å². The highest BCUT2D eigenvalue weighted by Crippen LogP contribution is 2.30. The van der Waals surface area contributed by atoms with Crippen molar-refractivity contribution in [2.75, 3.05) is 0 Å². The highest BCUT2D eigenvalue weighted by Gasteiger charge is 2.26. The molecule has 1 N–H and O–H groups in total. The number of hydrogen-bond acceptors (Lipinski definition) is 3. The Balaban J connectivity index is 2.87. The van der Waals surface area contributed by atoms with Crippen molar-refractivity contribution in [2.24, 2.45) is 0 Å². The minimum atomic E-state index is -0.995. The molecule has 0 aliphatic heterocycles. The predicted octanol–water partition coefficient (Wildman–Crippen LogP) is 3.73. The van der Waals surface area contributed by atoms with Gasteiger partial charge in [0.2, 0.25) is 0 Å². The van der Waals surface area contributed by atoms with E-state index < -0.39 is 16.8 Å². The molecule has 0 spiro atoms. The normalized spacial score (nSPS) is 12.1. The van der Waals surface area contributed by atoms with E-state index in [9.17, 15) is 20.0 Å². The van der Waals surface area contributed by atoms with E-state index in [1.165, 1.54) is 12.1 Å². The van der Waals surface area contributed by atoms with Gasteiger partial charge in [0.15, 0.2) is 0 Å². The van der Waals surface area contributed by atoms with Crippen molar-refractivity contribution >= 4 is 11.7 Å². The van der Waals surface area contributed by atoms with Crippen molar-refractivity contribution in [1.82, 2.24) is 0 Å². The molecule has 19 heavy (non-hydrogen) atoms. The molecule has 0 fully saturated rings. The molecule has 0 saturated carbocycles. The molecule has 1 aromatic rings. The van der Waals surface area contributed by atoms with E-state index in [1.54, 1.807) is 12.1 Å². The number of benzene rings is 1. The van der Waals surface area contributed by atoms with Gasteiger partial charge in [0.1, 0.15) is 0 Å². The van der Waals surface area contributed by atoms with Gasteiger partial charge in [0.05, 0.1) is 10.8 Å². The number of hydrogen-bond donors (Lipinski definition) is 1. The standard InChI is InChI=1S/C14H19NO4/c1-2-3-4-5-9-12(14(16)17)11-8-6-7-10-13(11)15(18)19/h6-8,10,12H,2-5,9H2,1H3,(H,16,17). The Labute approximate surface area is 112 Å². The number of carbonyl (C=O) groups is 1. The van der Waals surface area contributed by atoms with Gasteiger partial charge in [-0.05, 0) is 6.42 Å². The maximum Gasteiger partial charge on any atom is 0.311 e. The van der Waals surface area contributed by atoms with Crippen LogP contribution in [-0.2, 0) is 4.79 Å². The number of carboxylic acid groups (broad SMARTS) is 1. The lowest BCUT2D eigenvalue weighted by Crippen LogP contribution is -2.13. The Hall–Kier alpha value is -1.91. The smallest absolute Gasteiger partial charge is 0.311 e. The number of rotatable bonds is 8. The van der Waals surface area contributed by atoms with Gasteiger partial charge in [0.25, 0.3) is 5.69 Å². The molecule has 1 rings (SSSR count). The molecule has 0 saturated heterocycles. The molecule has 0 aliphatic carbocycles. The lowest BCUT2D eigenvalue weighted by atomic mass is 9.92. The molecule has 1 unspecified atom stereocenters. The molecular weight excluding hydrogens is 246 g/mol. The summed E-state index contributed by atoms with van der Waals surface area (Å²) < 4.78 is 0. The zero-order chi connectivity index (χ0) is 14.3. The lowest BCUT2D eigenvalue weighted by Gasteiger charge is -2.12. The van der Waals surface area contributed by atoms with Crippen molar-refractivity contribution in [3.63, 3.8) is 0 Å². The molecule has 5 nitrogen and oxygen atoms in total. The molecule has 0 bridgehead atoms. The van der Waals surface area contributed by atoms with Gasteiger partial charge < -0.3 is 5.11 Å². The number of carboxylic acids is 1. The van der Waals surface area contributed by atoms with E-state index in [-0.39, 0.29) is 5.69 Å². The van der Waals surface area contributed by atoms with Crippen molar-refractivity contribution in [1.29, 1.82) is 0 Å². The number of aliphatic carboxylic acids is 1. The van der Waals surface area contributed by atoms with E-state index in [4.69, 9.17) is 0 Å². The second kappa shape index (κ2) is 7.51. The van der Waals surface area contributed by atoms with Gasteiger partial charge in [-0.1, -0.05) is 50.8 Å². The van der Waals surface area contributed by atoms with Crippen LogP contribution in [0.1, 0.15) is 50.5 Å². The monoisotopic (exact) mass is 265 g/mol. The maximum absolute atomic E-state index is 11.3. The fourth-order valence-electron chi connectivity index (χ4n) is 2.14. The zero-order valence-corrected chi connectivity index (χ0v) is 11.0. The third-order valence-electron chi connectivity index (χ3n) is 3.15. The van der Waals surface area contributed by atoms with Crippen LogP contribution in [-0.4, -0.2) is 16.0 Å². The fourth-order valence-corrected chi connectivity index (χ4v) is 2.14. The Morgan fingerprint density at radius 3 is 2.58 bits per heavy atom. The molecule has 5 heteroatoms. The molecule has 1 aromatic carbocycles. The SMILES string of the molecule is CCCCCCC(C(=O)O)c1ccccc1[N+](=O)[O-]. The number of unbranched alkanes of at least 4 members (excludes halogenated alkanes) is 3. The van der Waals surface area contributed by atoms with Gasteiger partial charge in [-0.15, -0.1) is 0 Å². The number of nitro benzene ring substituents is 1. The third kappa shape index (κ3) is 4.35. The first-order valence-electron chi connectivity index (χ1n) is 6.54. The summed E-state index contributed by atoms with van der Waals surface area (Å²) in [5.74, 6) is -1.79. The summed E-state index contributed by atoms with van der Waals surface area (Å²) in [5, 5.41) is 20.2. The van der Waals surface area contributed by atoms with E-state index >= 15 is 0 Å². The summed E-state index contributed by atoms with van der Waals surface area (Å²) in [6.07, 6.45) is 4.31. The van der Waals surface area contributed by atoms with Crippen LogP contribution in [0.15, 0.2) is 24.3 Å². The molecule has 0 amide bonds. The second-order valence-electron chi connectivity index (χ2n) is 4.56. The van der Waals surface area contributed by atoms with E-state index in [2.05, 4.69) is 6.92 Å². The summed E-state index contributed by atoms with van der Waals surface area (Å²) in [5.41, 5.74) is 0.196. The molecule has 0 aliphatic rings. The second-order valence-corrected chi connectivity index (χ2v) is 4.56. The number of nitro groups is 1. The van der Waals surface area contributed by atoms with Crippen LogP contribution in [0.25, 0.3) is 0 Å². The summed E-state index contributed by atoms with van der Waals surface area (Å²) in [4.78, 5) is 21.7. The highest BCUT2D eigenvalue weighted by atomic mass is 16.6. The van der Waals surface area contributed by atoms with Gasteiger partial charge in [-0.25, -0.2) is 0 Å². The van der Waals surface area contributed by atoms with Crippen LogP contribution < -0.4 is 0 Å². The predicted molar refractivity (Wildman–Crippen MR) is 72.2 cm³/mol. The fraction of sp³-hybridized carbons (Fsp3) is 0.500. The van der Waals surface area contributed by atoms with Crippen LogP contribution in [0.4, 0.5) is 5.69 Å². The van der Waals surface area contributed by atoms with Gasteiger partial charge >= 0.3 is 5.97 Å². The van der Waals surface area contributed by atoms with Crippen LogP contribution in [0, 0.1) is 10.1 Å². The Morgan fingerprint density at radius 2 is 2.00 bits per heavy atom. The first-order chi connectivity index (χ1) is 9.07. The van der Waals surface area contributed by atoms with Gasteiger partial charge in [-0.3, -0.25) is 14.9 Å². The van der Waals surface area contributed by atoms with Gasteiger partial charge in [-0.2, -0.15) is 0 Å². The van der Waals surface area contributed by atoms with E-state index in [0.29, 0.717) is 12.0 Å². The summed E-state index contributed by atoms with van der Waals surface area (Å²) >= 11 is 0. The first-order valence-corrected chi connectivity index (χ1v) is 6.54. The Morgan fingerprint density at radius 1 is 1.32 bits per heavy atom. The summed E-state index contributed by atoms with van der Waals surface area (Å²) in [6.45, 7) is 2.08. The minimum Gasteiger partial charge on any atom is -0.481 e. The number of para-hydroxylation sites is 1. The Kier molecular flexibility index (Phi) is 5.99.